The van der Waals surface area contributed by atoms with Gasteiger partial charge in [0.1, 0.15) is 24.7 Å². The standard InChI is InChI=1S/C34H36N2O7S.CH4/c1-4-41-34(38)26-10-8-25(9-11-26)33-22(2)16-28(17-23(33)3)42-15-14-35-20-32(37)30-13-12-27-19-31(30)36-44(39,40)29-7-5-6-24(18-29)21-43-27;/h5-13,16-19,32,35-37H,4,14-15,20-21H2,1-3H3;1H4. The first kappa shape index (κ1) is 33.5. The third-order valence-corrected chi connectivity index (χ3v) is 8.68. The lowest BCUT2D eigenvalue weighted by Crippen LogP contribution is -2.27. The topological polar surface area (TPSA) is 123 Å². The van der Waals surface area contributed by atoms with Crippen LogP contribution in [0.15, 0.2) is 83.8 Å². The van der Waals surface area contributed by atoms with Gasteiger partial charge in [-0.2, -0.15) is 0 Å². The SMILES string of the molecule is C.CCOC(=O)c1ccc(-c2c(C)cc(OCCNCC(O)c3ccc4cc3NS(=O)(=O)c3cccc(c3)CO4)cc2C)cc1. The molecule has 4 aromatic carbocycles. The van der Waals surface area contributed by atoms with Crippen molar-refractivity contribution in [2.24, 2.45) is 0 Å². The van der Waals surface area contributed by atoms with E-state index in [0.717, 1.165) is 33.6 Å². The molecule has 0 spiro atoms. The number of nitrogens with one attached hydrogen (secondary N) is 2. The van der Waals surface area contributed by atoms with Crippen molar-refractivity contribution in [1.82, 2.24) is 5.32 Å². The highest BCUT2D eigenvalue weighted by Crippen LogP contribution is 2.33. The molecule has 0 saturated heterocycles. The summed E-state index contributed by atoms with van der Waals surface area (Å²) < 4.78 is 45.5. The average molecular weight is 633 g/mol. The van der Waals surface area contributed by atoms with Crippen molar-refractivity contribution in [2.75, 3.05) is 31.0 Å². The van der Waals surface area contributed by atoms with Gasteiger partial charge in [-0.15, -0.1) is 0 Å². The van der Waals surface area contributed by atoms with Crippen molar-refractivity contribution in [3.8, 4) is 22.6 Å². The molecule has 1 heterocycles. The molecule has 4 aromatic rings. The maximum atomic E-state index is 13.0. The van der Waals surface area contributed by atoms with E-state index >= 15 is 0 Å². The highest BCUT2D eigenvalue weighted by Gasteiger charge is 2.21. The van der Waals surface area contributed by atoms with Gasteiger partial charge in [-0.1, -0.05) is 37.8 Å². The highest BCUT2D eigenvalue weighted by atomic mass is 32.2. The molecular weight excluding hydrogens is 592 g/mol. The minimum Gasteiger partial charge on any atom is -0.492 e. The lowest BCUT2D eigenvalue weighted by molar-refractivity contribution is 0.0526. The highest BCUT2D eigenvalue weighted by molar-refractivity contribution is 7.92. The summed E-state index contributed by atoms with van der Waals surface area (Å²) in [6.45, 7) is 7.40. The van der Waals surface area contributed by atoms with E-state index in [0.29, 0.717) is 36.6 Å². The van der Waals surface area contributed by atoms with E-state index in [1.807, 2.05) is 44.2 Å². The summed E-state index contributed by atoms with van der Waals surface area (Å²) in [5, 5.41) is 14.1. The van der Waals surface area contributed by atoms with Crippen LogP contribution in [0, 0.1) is 13.8 Å². The van der Waals surface area contributed by atoms with Crippen LogP contribution in [0.3, 0.4) is 0 Å². The predicted octanol–water partition coefficient (Wildman–Crippen LogP) is 6.18. The van der Waals surface area contributed by atoms with E-state index in [9.17, 15) is 18.3 Å². The molecule has 1 atom stereocenters. The van der Waals surface area contributed by atoms with Crippen LogP contribution in [-0.4, -0.2) is 45.8 Å². The summed E-state index contributed by atoms with van der Waals surface area (Å²) in [6, 6.07) is 22.9. The van der Waals surface area contributed by atoms with E-state index < -0.39 is 16.1 Å². The first-order valence-corrected chi connectivity index (χ1v) is 15.9. The number of aliphatic hydroxyl groups excluding tert-OH is 1. The molecule has 238 valence electrons. The molecule has 1 aliphatic rings. The Morgan fingerprint density at radius 2 is 1.76 bits per heavy atom. The molecule has 5 rings (SSSR count). The van der Waals surface area contributed by atoms with Gasteiger partial charge >= 0.3 is 5.97 Å². The molecule has 0 fully saturated rings. The van der Waals surface area contributed by atoms with Gasteiger partial charge in [-0.25, -0.2) is 13.2 Å². The number of aliphatic hydroxyl groups is 1. The van der Waals surface area contributed by atoms with Crippen LogP contribution in [0.25, 0.3) is 11.1 Å². The van der Waals surface area contributed by atoms with Crippen LogP contribution in [0.5, 0.6) is 11.5 Å². The normalized spacial score (nSPS) is 13.8. The Labute approximate surface area is 265 Å². The van der Waals surface area contributed by atoms with Gasteiger partial charge in [0.15, 0.2) is 0 Å². The molecule has 0 saturated carbocycles. The Hall–Kier alpha value is -4.38. The number of carbonyl (C=O) groups is 1. The Morgan fingerprint density at radius 1 is 1.02 bits per heavy atom. The van der Waals surface area contributed by atoms with Crippen LogP contribution in [0.4, 0.5) is 5.69 Å². The van der Waals surface area contributed by atoms with Crippen LogP contribution in [0.2, 0.25) is 0 Å². The number of rotatable bonds is 10. The maximum Gasteiger partial charge on any atom is 0.338 e. The fourth-order valence-electron chi connectivity index (χ4n) is 5.22. The van der Waals surface area contributed by atoms with Gasteiger partial charge < -0.3 is 24.6 Å². The summed E-state index contributed by atoms with van der Waals surface area (Å²) in [7, 11) is -3.85. The minimum absolute atomic E-state index is 0. The number of carbonyl (C=O) groups excluding carboxylic acids is 1. The largest absolute Gasteiger partial charge is 0.492 e. The lowest BCUT2D eigenvalue weighted by atomic mass is 9.95. The summed E-state index contributed by atoms with van der Waals surface area (Å²) in [6.07, 6.45) is -0.977. The van der Waals surface area contributed by atoms with Crippen LogP contribution in [0.1, 0.15) is 53.1 Å². The van der Waals surface area contributed by atoms with E-state index in [-0.39, 0.29) is 37.1 Å². The molecule has 3 N–H and O–H groups in total. The van der Waals surface area contributed by atoms with Gasteiger partial charge in [0.05, 0.1) is 28.9 Å². The third kappa shape index (κ3) is 8.02. The Kier molecular flexibility index (Phi) is 10.9. The lowest BCUT2D eigenvalue weighted by Gasteiger charge is -2.20. The number of sulfonamides is 1. The maximum absolute atomic E-state index is 13.0. The van der Waals surface area contributed by atoms with Crippen LogP contribution in [-0.2, 0) is 21.4 Å². The van der Waals surface area contributed by atoms with Gasteiger partial charge in [0.25, 0.3) is 10.0 Å². The molecule has 10 heteroatoms. The van der Waals surface area contributed by atoms with E-state index in [1.54, 1.807) is 49.4 Å². The fraction of sp³-hybridized carbons (Fsp3) is 0.286. The average Bonchev–Trinajstić information content (AvgIpc) is 2.99. The Balaban J connectivity index is 0.00000461. The second kappa shape index (κ2) is 14.6. The van der Waals surface area contributed by atoms with Crippen molar-refractivity contribution in [2.45, 2.75) is 45.8 Å². The minimum atomic E-state index is -3.85. The number of hydrogen-bond donors (Lipinski definition) is 3. The number of benzene rings is 4. The molecule has 1 aliphatic heterocycles. The number of fused-ring (bicyclic) bond motifs is 4. The van der Waals surface area contributed by atoms with Gasteiger partial charge in [-0.3, -0.25) is 4.72 Å². The first-order chi connectivity index (χ1) is 21.1. The zero-order valence-corrected chi connectivity index (χ0v) is 25.7. The van der Waals surface area contributed by atoms with Crippen molar-refractivity contribution in [3.05, 3.63) is 107 Å². The number of ether oxygens (including phenoxy) is 3. The molecule has 45 heavy (non-hydrogen) atoms. The fourth-order valence-corrected chi connectivity index (χ4v) is 6.36. The summed E-state index contributed by atoms with van der Waals surface area (Å²) in [4.78, 5) is 12.1. The van der Waals surface area contributed by atoms with Gasteiger partial charge in [0, 0.05) is 24.7 Å². The Bertz CT molecular complexity index is 1730. The smallest absolute Gasteiger partial charge is 0.338 e. The number of esters is 1. The van der Waals surface area contributed by atoms with Crippen molar-refractivity contribution < 1.29 is 32.5 Å². The molecule has 9 nitrogen and oxygen atoms in total. The summed E-state index contributed by atoms with van der Waals surface area (Å²) in [5.41, 5.74) is 6.13. The number of aryl methyl sites for hydroxylation is 2. The monoisotopic (exact) mass is 632 g/mol. The van der Waals surface area contributed by atoms with E-state index in [4.69, 9.17) is 14.2 Å². The summed E-state index contributed by atoms with van der Waals surface area (Å²) in [5.74, 6) is 0.890. The van der Waals surface area contributed by atoms with Crippen molar-refractivity contribution in [1.29, 1.82) is 0 Å². The third-order valence-electron chi connectivity index (χ3n) is 7.32. The predicted molar refractivity (Wildman–Crippen MR) is 175 cm³/mol. The van der Waals surface area contributed by atoms with Gasteiger partial charge in [0.2, 0.25) is 0 Å². The quantitative estimate of drug-likeness (QED) is 0.140. The number of anilines is 1. The molecule has 0 amide bonds. The Morgan fingerprint density at radius 3 is 2.47 bits per heavy atom. The van der Waals surface area contributed by atoms with E-state index in [1.165, 1.54) is 6.07 Å². The first-order valence-electron chi connectivity index (χ1n) is 14.4. The van der Waals surface area contributed by atoms with Crippen LogP contribution >= 0.6 is 0 Å². The second-order valence-electron chi connectivity index (χ2n) is 10.6. The number of hydrogen-bond acceptors (Lipinski definition) is 8. The van der Waals surface area contributed by atoms with Crippen LogP contribution < -0.4 is 19.5 Å². The molecule has 1 unspecified atom stereocenters. The zero-order chi connectivity index (χ0) is 31.3. The second-order valence-corrected chi connectivity index (χ2v) is 12.3. The molecule has 0 radical (unpaired) electrons. The van der Waals surface area contributed by atoms with Crippen molar-refractivity contribution >= 4 is 21.7 Å². The summed E-state index contributed by atoms with van der Waals surface area (Å²) >= 11 is 0. The molecule has 4 bridgehead atoms. The van der Waals surface area contributed by atoms with Gasteiger partial charge in [-0.05, 0) is 91.1 Å². The molecule has 0 aromatic heterocycles. The van der Waals surface area contributed by atoms with Crippen molar-refractivity contribution in [3.63, 3.8) is 0 Å². The zero-order valence-electron chi connectivity index (χ0n) is 24.9. The molecule has 0 aliphatic carbocycles. The van der Waals surface area contributed by atoms with E-state index in [2.05, 4.69) is 10.0 Å². The molecular formula is C35H40N2O7S.